The molecule has 7 heteroatoms. The molecule has 0 aromatic heterocycles. The highest BCUT2D eigenvalue weighted by atomic mass is 19.3. The lowest BCUT2D eigenvalue weighted by Crippen LogP contribution is -2.45. The summed E-state index contributed by atoms with van der Waals surface area (Å²) in [6, 6.07) is 0. The number of hydrogen-bond donors (Lipinski definition) is 0. The van der Waals surface area contributed by atoms with Crippen LogP contribution >= 0.6 is 0 Å². The van der Waals surface area contributed by atoms with Gasteiger partial charge in [0.2, 0.25) is 0 Å². The summed E-state index contributed by atoms with van der Waals surface area (Å²) in [7, 11) is 1.13. The molecule has 0 spiro atoms. The first kappa shape index (κ1) is 16.6. The van der Waals surface area contributed by atoms with Gasteiger partial charge >= 0.3 is 18.0 Å². The molecule has 106 valence electrons. The van der Waals surface area contributed by atoms with Crippen molar-refractivity contribution in [2.45, 2.75) is 39.2 Å². The molecule has 0 aliphatic rings. The number of hydrogen-bond acceptors (Lipinski definition) is 4. The van der Waals surface area contributed by atoms with E-state index in [-0.39, 0.29) is 6.61 Å². The van der Waals surface area contributed by atoms with Crippen LogP contribution in [0.3, 0.4) is 0 Å². The van der Waals surface area contributed by atoms with E-state index in [2.05, 4.69) is 4.74 Å². The standard InChI is InChI=1S/C11H19F2NO4/c1-6-17-8(15)11(12,13)7-14(5)9(16)18-10(2,3)4/h6-7H2,1-5H3. The molecule has 0 N–H and O–H groups in total. The molecular formula is C11H19F2NO4. The van der Waals surface area contributed by atoms with Gasteiger partial charge in [-0.15, -0.1) is 0 Å². The van der Waals surface area contributed by atoms with Crippen molar-refractivity contribution in [1.29, 1.82) is 0 Å². The number of carbonyl (C=O) groups excluding carboxylic acids is 2. The second-order valence-electron chi connectivity index (χ2n) is 4.76. The Labute approximate surface area is 105 Å². The summed E-state index contributed by atoms with van der Waals surface area (Å²) in [5, 5.41) is 0. The normalized spacial score (nSPS) is 11.9. The van der Waals surface area contributed by atoms with Crippen LogP contribution in [-0.4, -0.2) is 48.7 Å². The molecule has 0 atom stereocenters. The van der Waals surface area contributed by atoms with E-state index in [1.807, 2.05) is 0 Å². The van der Waals surface area contributed by atoms with Gasteiger partial charge in [0.05, 0.1) is 13.2 Å². The third-order valence-electron chi connectivity index (χ3n) is 1.71. The Morgan fingerprint density at radius 2 is 1.72 bits per heavy atom. The summed E-state index contributed by atoms with van der Waals surface area (Å²) in [6.07, 6.45) is -0.925. The second kappa shape index (κ2) is 5.97. The first-order valence-electron chi connectivity index (χ1n) is 5.48. The van der Waals surface area contributed by atoms with Gasteiger partial charge in [0.25, 0.3) is 0 Å². The van der Waals surface area contributed by atoms with E-state index in [1.165, 1.54) is 6.92 Å². The van der Waals surface area contributed by atoms with Crippen molar-refractivity contribution in [3.8, 4) is 0 Å². The van der Waals surface area contributed by atoms with E-state index in [0.29, 0.717) is 4.90 Å². The van der Waals surface area contributed by atoms with Crippen molar-refractivity contribution >= 4 is 12.1 Å². The monoisotopic (exact) mass is 267 g/mol. The molecule has 0 heterocycles. The van der Waals surface area contributed by atoms with Crippen LogP contribution in [0.1, 0.15) is 27.7 Å². The fourth-order valence-electron chi connectivity index (χ4n) is 1.00. The number of carbonyl (C=O) groups is 2. The zero-order valence-electron chi connectivity index (χ0n) is 11.3. The minimum absolute atomic E-state index is 0.148. The number of nitrogens with zero attached hydrogens (tertiary/aromatic N) is 1. The molecule has 0 bridgehead atoms. The topological polar surface area (TPSA) is 55.8 Å². The number of amides is 1. The van der Waals surface area contributed by atoms with Crippen molar-refractivity contribution in [3.05, 3.63) is 0 Å². The summed E-state index contributed by atoms with van der Waals surface area (Å²) in [5.74, 6) is -5.40. The Bertz CT molecular complexity index is 313. The van der Waals surface area contributed by atoms with Crippen LogP contribution in [0, 0.1) is 0 Å². The average Bonchev–Trinajstić information content (AvgIpc) is 2.14. The lowest BCUT2D eigenvalue weighted by Gasteiger charge is -2.26. The first-order valence-corrected chi connectivity index (χ1v) is 5.48. The molecule has 0 aromatic carbocycles. The van der Waals surface area contributed by atoms with Gasteiger partial charge in [-0.1, -0.05) is 0 Å². The maximum atomic E-state index is 13.3. The van der Waals surface area contributed by atoms with Gasteiger partial charge in [-0.05, 0) is 27.7 Å². The highest BCUT2D eigenvalue weighted by molar-refractivity contribution is 5.79. The fraction of sp³-hybridized carbons (Fsp3) is 0.818. The van der Waals surface area contributed by atoms with E-state index >= 15 is 0 Å². The number of halogens is 2. The first-order chi connectivity index (χ1) is 7.99. The molecule has 0 unspecified atom stereocenters. The Morgan fingerprint density at radius 3 is 2.11 bits per heavy atom. The van der Waals surface area contributed by atoms with E-state index in [9.17, 15) is 18.4 Å². The predicted molar refractivity (Wildman–Crippen MR) is 60.4 cm³/mol. The summed E-state index contributed by atoms with van der Waals surface area (Å²) in [5.41, 5.74) is -0.787. The predicted octanol–water partition coefficient (Wildman–Crippen LogP) is 2.05. The molecule has 0 saturated heterocycles. The Kier molecular flexibility index (Phi) is 5.51. The molecule has 0 fully saturated rings. The van der Waals surface area contributed by atoms with Crippen LogP contribution in [-0.2, 0) is 14.3 Å². The Balaban J connectivity index is 4.50. The molecule has 0 rings (SSSR count). The van der Waals surface area contributed by atoms with Gasteiger partial charge in [0.15, 0.2) is 0 Å². The zero-order valence-corrected chi connectivity index (χ0v) is 11.3. The molecule has 0 aliphatic carbocycles. The quantitative estimate of drug-likeness (QED) is 0.731. The van der Waals surface area contributed by atoms with Gasteiger partial charge in [-0.2, -0.15) is 8.78 Å². The highest BCUT2D eigenvalue weighted by Gasteiger charge is 2.43. The molecular weight excluding hydrogens is 248 g/mol. The maximum Gasteiger partial charge on any atom is 0.410 e. The van der Waals surface area contributed by atoms with Gasteiger partial charge in [-0.25, -0.2) is 9.59 Å². The van der Waals surface area contributed by atoms with Crippen LogP contribution in [0.4, 0.5) is 13.6 Å². The van der Waals surface area contributed by atoms with Crippen molar-refractivity contribution in [3.63, 3.8) is 0 Å². The molecule has 1 amide bonds. The molecule has 0 aromatic rings. The van der Waals surface area contributed by atoms with Gasteiger partial charge in [0, 0.05) is 7.05 Å². The summed E-state index contributed by atoms with van der Waals surface area (Å²) < 4.78 is 35.8. The third-order valence-corrected chi connectivity index (χ3v) is 1.71. The van der Waals surface area contributed by atoms with Crippen LogP contribution < -0.4 is 0 Å². The van der Waals surface area contributed by atoms with Crippen LogP contribution in [0.5, 0.6) is 0 Å². The molecule has 0 radical (unpaired) electrons. The average molecular weight is 267 g/mol. The van der Waals surface area contributed by atoms with Gasteiger partial charge in [0.1, 0.15) is 5.60 Å². The maximum absolute atomic E-state index is 13.3. The Hall–Kier alpha value is -1.40. The third kappa shape index (κ3) is 5.79. The molecule has 0 saturated carbocycles. The molecule has 18 heavy (non-hydrogen) atoms. The number of rotatable bonds is 4. The van der Waals surface area contributed by atoms with E-state index < -0.39 is 30.1 Å². The number of ether oxygens (including phenoxy) is 2. The Morgan fingerprint density at radius 1 is 1.22 bits per heavy atom. The smallest absolute Gasteiger partial charge is 0.410 e. The fourth-order valence-corrected chi connectivity index (χ4v) is 1.00. The minimum Gasteiger partial charge on any atom is -0.462 e. The number of alkyl halides is 2. The van der Waals surface area contributed by atoms with Crippen molar-refractivity contribution in [2.24, 2.45) is 0 Å². The molecule has 5 nitrogen and oxygen atoms in total. The summed E-state index contributed by atoms with van der Waals surface area (Å²) in [6.45, 7) is 5.03. The lowest BCUT2D eigenvalue weighted by atomic mass is 10.2. The van der Waals surface area contributed by atoms with E-state index in [1.54, 1.807) is 20.8 Å². The van der Waals surface area contributed by atoms with Gasteiger partial charge < -0.3 is 14.4 Å². The zero-order chi connectivity index (χ0) is 14.6. The second-order valence-corrected chi connectivity index (χ2v) is 4.76. The van der Waals surface area contributed by atoms with Crippen LogP contribution in [0.15, 0.2) is 0 Å². The summed E-state index contributed by atoms with van der Waals surface area (Å²) in [4.78, 5) is 23.0. The van der Waals surface area contributed by atoms with Crippen LogP contribution in [0.25, 0.3) is 0 Å². The minimum atomic E-state index is -3.75. The largest absolute Gasteiger partial charge is 0.462 e. The van der Waals surface area contributed by atoms with Crippen molar-refractivity contribution in [1.82, 2.24) is 4.90 Å². The SMILES string of the molecule is CCOC(=O)C(F)(F)CN(C)C(=O)OC(C)(C)C. The summed E-state index contributed by atoms with van der Waals surface area (Å²) >= 11 is 0. The molecule has 0 aliphatic heterocycles. The number of esters is 1. The van der Waals surface area contributed by atoms with E-state index in [0.717, 1.165) is 7.05 Å². The van der Waals surface area contributed by atoms with Crippen molar-refractivity contribution < 1.29 is 27.8 Å². The van der Waals surface area contributed by atoms with E-state index in [4.69, 9.17) is 4.74 Å². The highest BCUT2D eigenvalue weighted by Crippen LogP contribution is 2.18. The van der Waals surface area contributed by atoms with Crippen LogP contribution in [0.2, 0.25) is 0 Å². The van der Waals surface area contributed by atoms with Crippen molar-refractivity contribution in [2.75, 3.05) is 20.2 Å². The lowest BCUT2D eigenvalue weighted by molar-refractivity contribution is -0.173. The van der Waals surface area contributed by atoms with Gasteiger partial charge in [-0.3, -0.25) is 0 Å².